The van der Waals surface area contributed by atoms with Gasteiger partial charge < -0.3 is 4.90 Å². The molecule has 0 aromatic heterocycles. The van der Waals surface area contributed by atoms with Crippen molar-refractivity contribution in [3.05, 3.63) is 27.7 Å². The molecule has 0 radical (unpaired) electrons. The topological polar surface area (TPSA) is 40.6 Å². The molecular weight excluding hydrogens is 340 g/mol. The Morgan fingerprint density at radius 1 is 1.10 bits per heavy atom. The van der Waals surface area contributed by atoms with Crippen LogP contribution in [0.3, 0.4) is 0 Å². The predicted octanol–water partition coefficient (Wildman–Crippen LogP) is 2.39. The second-order valence-electron chi connectivity index (χ2n) is 5.21. The summed E-state index contributed by atoms with van der Waals surface area (Å²) in [6.07, 6.45) is 0. The minimum absolute atomic E-state index is 0.380. The highest BCUT2D eigenvalue weighted by molar-refractivity contribution is 9.10. The monoisotopic (exact) mass is 360 g/mol. The smallest absolute Gasteiger partial charge is 0.244 e. The molecule has 1 saturated heterocycles. The summed E-state index contributed by atoms with van der Waals surface area (Å²) in [6, 6.07) is 3.64. The largest absolute Gasteiger partial charge is 0.301 e. The van der Waals surface area contributed by atoms with E-state index in [1.54, 1.807) is 10.4 Å². The third-order valence-electron chi connectivity index (χ3n) is 3.94. The molecule has 2 rings (SSSR count). The molecule has 0 bridgehead atoms. The molecule has 1 heterocycles. The first kappa shape index (κ1) is 15.9. The van der Waals surface area contributed by atoms with Crippen molar-refractivity contribution in [3.63, 3.8) is 0 Å². The quantitative estimate of drug-likeness (QED) is 0.830. The fourth-order valence-electron chi connectivity index (χ4n) is 2.38. The average Bonchev–Trinajstić information content (AvgIpc) is 2.42. The van der Waals surface area contributed by atoms with E-state index in [4.69, 9.17) is 0 Å². The van der Waals surface area contributed by atoms with E-state index in [2.05, 4.69) is 27.8 Å². The summed E-state index contributed by atoms with van der Waals surface area (Å²) in [5.41, 5.74) is 2.09. The van der Waals surface area contributed by atoms with E-state index < -0.39 is 10.0 Å². The highest BCUT2D eigenvalue weighted by atomic mass is 79.9. The lowest BCUT2D eigenvalue weighted by Crippen LogP contribution is -2.48. The number of nitrogens with zero attached hydrogens (tertiary/aromatic N) is 2. The van der Waals surface area contributed by atoms with Crippen LogP contribution in [-0.4, -0.2) is 50.3 Å². The fourth-order valence-corrected chi connectivity index (χ4v) is 5.00. The first-order valence-corrected chi connectivity index (χ1v) is 9.09. The molecule has 0 atom stereocenters. The van der Waals surface area contributed by atoms with Crippen LogP contribution in [0.25, 0.3) is 0 Å². The lowest BCUT2D eigenvalue weighted by atomic mass is 10.1. The molecule has 0 unspecified atom stereocenters. The molecule has 4 nitrogen and oxygen atoms in total. The van der Waals surface area contributed by atoms with Crippen molar-refractivity contribution >= 4 is 26.0 Å². The summed E-state index contributed by atoms with van der Waals surface area (Å²) in [4.78, 5) is 2.65. The summed E-state index contributed by atoms with van der Waals surface area (Å²) < 4.78 is 27.7. The number of likely N-dealkylation sites (N-methyl/N-ethyl adjacent to an activating group) is 1. The summed E-state index contributed by atoms with van der Waals surface area (Å²) in [5.74, 6) is 0. The van der Waals surface area contributed by atoms with Gasteiger partial charge in [0, 0.05) is 30.7 Å². The van der Waals surface area contributed by atoms with Crippen molar-refractivity contribution < 1.29 is 8.42 Å². The van der Waals surface area contributed by atoms with Crippen molar-refractivity contribution in [1.29, 1.82) is 0 Å². The predicted molar refractivity (Wildman–Crippen MR) is 84.5 cm³/mol. The number of halogens is 1. The van der Waals surface area contributed by atoms with Crippen molar-refractivity contribution in [3.8, 4) is 0 Å². The molecule has 1 aliphatic rings. The van der Waals surface area contributed by atoms with Gasteiger partial charge in [0.15, 0.2) is 0 Å². The second kappa shape index (κ2) is 6.13. The zero-order valence-corrected chi connectivity index (χ0v) is 14.6. The van der Waals surface area contributed by atoms with Gasteiger partial charge in [-0.3, -0.25) is 0 Å². The van der Waals surface area contributed by atoms with Gasteiger partial charge in [-0.25, -0.2) is 8.42 Å². The zero-order valence-electron chi connectivity index (χ0n) is 12.2. The van der Waals surface area contributed by atoms with Crippen LogP contribution in [0.5, 0.6) is 0 Å². The molecule has 20 heavy (non-hydrogen) atoms. The van der Waals surface area contributed by atoms with Crippen LogP contribution in [0, 0.1) is 13.8 Å². The van der Waals surface area contributed by atoms with Crippen molar-refractivity contribution in [2.45, 2.75) is 25.7 Å². The van der Waals surface area contributed by atoms with Crippen molar-refractivity contribution in [1.82, 2.24) is 9.21 Å². The van der Waals surface area contributed by atoms with E-state index in [1.165, 1.54) is 0 Å². The number of hydrogen-bond acceptors (Lipinski definition) is 3. The maximum atomic E-state index is 12.7. The first-order chi connectivity index (χ1) is 9.36. The van der Waals surface area contributed by atoms with Crippen LogP contribution in [-0.2, 0) is 10.0 Å². The Kier molecular flexibility index (Phi) is 4.89. The maximum Gasteiger partial charge on any atom is 0.244 e. The number of piperazine rings is 1. The van der Waals surface area contributed by atoms with Crippen LogP contribution in [0.2, 0.25) is 0 Å². The average molecular weight is 361 g/mol. The minimum atomic E-state index is -3.40. The molecule has 0 N–H and O–H groups in total. The molecule has 1 aromatic rings. The van der Waals surface area contributed by atoms with Gasteiger partial charge in [0.1, 0.15) is 0 Å². The number of hydrogen-bond donors (Lipinski definition) is 0. The Labute approximate surface area is 129 Å². The van der Waals surface area contributed by atoms with E-state index in [9.17, 15) is 8.42 Å². The molecule has 1 aromatic carbocycles. The van der Waals surface area contributed by atoms with Crippen molar-refractivity contribution in [2.75, 3.05) is 32.7 Å². The van der Waals surface area contributed by atoms with Gasteiger partial charge in [-0.2, -0.15) is 4.31 Å². The molecule has 0 saturated carbocycles. The van der Waals surface area contributed by atoms with Crippen LogP contribution in [0.1, 0.15) is 18.1 Å². The van der Waals surface area contributed by atoms with Gasteiger partial charge in [0.25, 0.3) is 0 Å². The van der Waals surface area contributed by atoms with E-state index in [0.717, 1.165) is 30.8 Å². The molecular formula is C14H21BrN2O2S. The zero-order chi connectivity index (χ0) is 14.9. The molecule has 0 spiro atoms. The second-order valence-corrected chi connectivity index (χ2v) is 7.97. The van der Waals surface area contributed by atoms with Crippen LogP contribution >= 0.6 is 15.9 Å². The van der Waals surface area contributed by atoms with E-state index in [0.29, 0.717) is 22.5 Å². The van der Waals surface area contributed by atoms with Gasteiger partial charge in [-0.1, -0.05) is 6.92 Å². The Bertz CT molecular complexity index is 593. The van der Waals surface area contributed by atoms with E-state index in [-0.39, 0.29) is 0 Å². The van der Waals surface area contributed by atoms with Gasteiger partial charge in [-0.05, 0) is 59.6 Å². The number of benzene rings is 1. The Hall–Kier alpha value is -0.430. The SMILES string of the molecule is CCN1CCN(S(=O)(=O)c2cc(C)c(C)cc2Br)CC1. The normalized spacial score (nSPS) is 18.4. The number of aryl methyl sites for hydroxylation is 2. The lowest BCUT2D eigenvalue weighted by molar-refractivity contribution is 0.196. The Balaban J connectivity index is 2.30. The minimum Gasteiger partial charge on any atom is -0.301 e. The molecule has 0 aliphatic carbocycles. The molecule has 1 aliphatic heterocycles. The van der Waals surface area contributed by atoms with E-state index >= 15 is 0 Å². The molecule has 0 amide bonds. The summed E-state index contributed by atoms with van der Waals surface area (Å²) in [6.45, 7) is 9.74. The van der Waals surface area contributed by atoms with Gasteiger partial charge in [0.05, 0.1) is 4.90 Å². The standard InChI is InChI=1S/C14H21BrN2O2S/c1-4-16-5-7-17(8-6-16)20(18,19)14-10-12(3)11(2)9-13(14)15/h9-10H,4-8H2,1-3H3. The third kappa shape index (κ3) is 3.08. The maximum absolute atomic E-state index is 12.7. The van der Waals surface area contributed by atoms with Crippen LogP contribution < -0.4 is 0 Å². The van der Waals surface area contributed by atoms with Crippen LogP contribution in [0.15, 0.2) is 21.5 Å². The van der Waals surface area contributed by atoms with Gasteiger partial charge >= 0.3 is 0 Å². The van der Waals surface area contributed by atoms with E-state index in [1.807, 2.05) is 19.9 Å². The lowest BCUT2D eigenvalue weighted by Gasteiger charge is -2.33. The van der Waals surface area contributed by atoms with Crippen LogP contribution in [0.4, 0.5) is 0 Å². The molecule has 112 valence electrons. The fraction of sp³-hybridized carbons (Fsp3) is 0.571. The Morgan fingerprint density at radius 2 is 1.65 bits per heavy atom. The summed E-state index contributed by atoms with van der Waals surface area (Å²) >= 11 is 3.39. The Morgan fingerprint density at radius 3 is 2.20 bits per heavy atom. The third-order valence-corrected chi connectivity index (χ3v) is 6.80. The summed E-state index contributed by atoms with van der Waals surface area (Å²) in [7, 11) is -3.40. The number of rotatable bonds is 3. The summed E-state index contributed by atoms with van der Waals surface area (Å²) in [5, 5.41) is 0. The first-order valence-electron chi connectivity index (χ1n) is 6.85. The highest BCUT2D eigenvalue weighted by Crippen LogP contribution is 2.28. The van der Waals surface area contributed by atoms with Crippen molar-refractivity contribution in [2.24, 2.45) is 0 Å². The molecule has 6 heteroatoms. The molecule has 1 fully saturated rings. The van der Waals surface area contributed by atoms with Gasteiger partial charge in [0.2, 0.25) is 10.0 Å². The van der Waals surface area contributed by atoms with Gasteiger partial charge in [-0.15, -0.1) is 0 Å². The highest BCUT2D eigenvalue weighted by Gasteiger charge is 2.29. The number of sulfonamides is 1.